The summed E-state index contributed by atoms with van der Waals surface area (Å²) < 4.78 is 10.3. The molecule has 0 saturated heterocycles. The summed E-state index contributed by atoms with van der Waals surface area (Å²) in [7, 11) is 0. The molecule has 1 N–H and O–H groups in total. The highest BCUT2D eigenvalue weighted by atomic mass is 32.1. The number of thiophene rings is 1. The van der Waals surface area contributed by atoms with Crippen molar-refractivity contribution in [2.75, 3.05) is 18.5 Å². The van der Waals surface area contributed by atoms with Gasteiger partial charge < -0.3 is 14.8 Å². The average molecular weight is 430 g/mol. The fraction of sp³-hybridized carbons (Fsp3) is 0.435. The Labute approximate surface area is 180 Å². The number of rotatable bonds is 9. The summed E-state index contributed by atoms with van der Waals surface area (Å²) in [4.78, 5) is 36.8. The Bertz CT molecular complexity index is 871. The van der Waals surface area contributed by atoms with Gasteiger partial charge in [-0.25, -0.2) is 4.79 Å². The second kappa shape index (κ2) is 10.9. The SMILES string of the molecule is CCOC(=O)c1c(-c2ccccc2)csc1NC(=O)COC(=O)CCC1CCCC1. The van der Waals surface area contributed by atoms with Crippen LogP contribution in [0, 0.1) is 5.92 Å². The number of anilines is 1. The van der Waals surface area contributed by atoms with Crippen molar-refractivity contribution < 1.29 is 23.9 Å². The van der Waals surface area contributed by atoms with Gasteiger partial charge in [0.2, 0.25) is 0 Å². The Morgan fingerprint density at radius 1 is 1.10 bits per heavy atom. The maximum atomic E-state index is 12.5. The molecule has 3 rings (SSSR count). The van der Waals surface area contributed by atoms with Crippen LogP contribution in [-0.2, 0) is 19.1 Å². The molecule has 6 nitrogen and oxygen atoms in total. The zero-order valence-electron chi connectivity index (χ0n) is 17.1. The molecule has 7 heteroatoms. The first kappa shape index (κ1) is 22.0. The highest BCUT2D eigenvalue weighted by molar-refractivity contribution is 7.15. The summed E-state index contributed by atoms with van der Waals surface area (Å²) in [6.45, 7) is 1.59. The molecular formula is C23H27NO5S. The Morgan fingerprint density at radius 3 is 2.53 bits per heavy atom. The summed E-state index contributed by atoms with van der Waals surface area (Å²) in [6, 6.07) is 9.44. The zero-order valence-corrected chi connectivity index (χ0v) is 18.0. The van der Waals surface area contributed by atoms with E-state index < -0.39 is 11.9 Å². The van der Waals surface area contributed by atoms with Gasteiger partial charge >= 0.3 is 11.9 Å². The van der Waals surface area contributed by atoms with E-state index in [0.717, 1.165) is 12.0 Å². The van der Waals surface area contributed by atoms with E-state index in [1.54, 1.807) is 6.92 Å². The van der Waals surface area contributed by atoms with Crippen LogP contribution in [0.3, 0.4) is 0 Å². The summed E-state index contributed by atoms with van der Waals surface area (Å²) in [5, 5.41) is 4.89. The lowest BCUT2D eigenvalue weighted by molar-refractivity contribution is -0.147. The lowest BCUT2D eigenvalue weighted by Gasteiger charge is -2.10. The summed E-state index contributed by atoms with van der Waals surface area (Å²) >= 11 is 1.24. The second-order valence-electron chi connectivity index (χ2n) is 7.34. The number of benzene rings is 1. The summed E-state index contributed by atoms with van der Waals surface area (Å²) in [5.74, 6) is -0.738. The highest BCUT2D eigenvalue weighted by Gasteiger charge is 2.23. The van der Waals surface area contributed by atoms with Crippen LogP contribution in [0.1, 0.15) is 55.8 Å². The molecule has 1 aromatic carbocycles. The van der Waals surface area contributed by atoms with Crippen molar-refractivity contribution in [2.24, 2.45) is 5.92 Å². The number of nitrogens with one attached hydrogen (secondary N) is 1. The van der Waals surface area contributed by atoms with Crippen LogP contribution >= 0.6 is 11.3 Å². The Morgan fingerprint density at radius 2 is 1.83 bits per heavy atom. The lowest BCUT2D eigenvalue weighted by atomic mass is 10.0. The number of ether oxygens (including phenoxy) is 2. The number of hydrogen-bond acceptors (Lipinski definition) is 6. The quantitative estimate of drug-likeness (QED) is 0.565. The van der Waals surface area contributed by atoms with Gasteiger partial charge in [-0.1, -0.05) is 56.0 Å². The molecule has 0 unspecified atom stereocenters. The summed E-state index contributed by atoms with van der Waals surface area (Å²) in [5.41, 5.74) is 1.87. The molecule has 1 amide bonds. The van der Waals surface area contributed by atoms with Gasteiger partial charge in [0, 0.05) is 17.4 Å². The molecule has 30 heavy (non-hydrogen) atoms. The standard InChI is InChI=1S/C23H27NO5S/c1-2-28-23(27)21-18(17-10-4-3-5-11-17)15-30-22(21)24-19(25)14-29-20(26)13-12-16-8-6-7-9-16/h3-5,10-11,15-16H,2,6-9,12-14H2,1H3,(H,24,25). The van der Waals surface area contributed by atoms with Gasteiger partial charge in [-0.3, -0.25) is 9.59 Å². The molecule has 0 spiro atoms. The molecule has 2 aromatic rings. The van der Waals surface area contributed by atoms with Crippen LogP contribution in [0.25, 0.3) is 11.1 Å². The van der Waals surface area contributed by atoms with Gasteiger partial charge in [0.25, 0.3) is 5.91 Å². The molecule has 1 saturated carbocycles. The van der Waals surface area contributed by atoms with Gasteiger partial charge in [0.1, 0.15) is 10.6 Å². The van der Waals surface area contributed by atoms with Crippen molar-refractivity contribution in [3.05, 3.63) is 41.3 Å². The van der Waals surface area contributed by atoms with Crippen molar-refractivity contribution in [2.45, 2.75) is 45.4 Å². The van der Waals surface area contributed by atoms with Crippen molar-refractivity contribution in [1.82, 2.24) is 0 Å². The molecule has 1 aromatic heterocycles. The van der Waals surface area contributed by atoms with Crippen molar-refractivity contribution in [3.63, 3.8) is 0 Å². The first-order valence-corrected chi connectivity index (χ1v) is 11.3. The maximum absolute atomic E-state index is 12.5. The number of esters is 2. The van der Waals surface area contributed by atoms with Gasteiger partial charge in [-0.15, -0.1) is 11.3 Å². The molecule has 0 aliphatic heterocycles. The smallest absolute Gasteiger partial charge is 0.341 e. The molecule has 1 aliphatic carbocycles. The number of carbonyl (C=O) groups excluding carboxylic acids is 3. The lowest BCUT2D eigenvalue weighted by Crippen LogP contribution is -2.22. The topological polar surface area (TPSA) is 81.7 Å². The molecule has 160 valence electrons. The van der Waals surface area contributed by atoms with E-state index in [4.69, 9.17) is 9.47 Å². The van der Waals surface area contributed by atoms with Crippen LogP contribution < -0.4 is 5.32 Å². The third kappa shape index (κ3) is 5.92. The maximum Gasteiger partial charge on any atom is 0.341 e. The Hall–Kier alpha value is -2.67. The third-order valence-electron chi connectivity index (χ3n) is 5.20. The van der Waals surface area contributed by atoms with E-state index in [-0.39, 0.29) is 19.2 Å². The van der Waals surface area contributed by atoms with Crippen LogP contribution in [0.4, 0.5) is 5.00 Å². The first-order chi connectivity index (χ1) is 14.6. The first-order valence-electron chi connectivity index (χ1n) is 10.4. The van der Waals surface area contributed by atoms with Crippen molar-refractivity contribution in [3.8, 4) is 11.1 Å². The van der Waals surface area contributed by atoms with Crippen LogP contribution in [-0.4, -0.2) is 31.1 Å². The monoisotopic (exact) mass is 429 g/mol. The van der Waals surface area contributed by atoms with E-state index in [9.17, 15) is 14.4 Å². The molecule has 0 bridgehead atoms. The van der Waals surface area contributed by atoms with Gasteiger partial charge in [0.05, 0.1) is 6.61 Å². The Kier molecular flexibility index (Phi) is 8.02. The second-order valence-corrected chi connectivity index (χ2v) is 8.22. The molecule has 0 atom stereocenters. The van der Waals surface area contributed by atoms with E-state index in [1.807, 2.05) is 35.7 Å². The third-order valence-corrected chi connectivity index (χ3v) is 6.10. The normalized spacial score (nSPS) is 13.8. The van der Waals surface area contributed by atoms with Gasteiger partial charge in [0.15, 0.2) is 6.61 Å². The molecule has 0 radical (unpaired) electrons. The predicted molar refractivity (Wildman–Crippen MR) is 116 cm³/mol. The zero-order chi connectivity index (χ0) is 21.3. The van der Waals surface area contributed by atoms with E-state index in [2.05, 4.69) is 5.32 Å². The fourth-order valence-corrected chi connectivity index (χ4v) is 4.66. The minimum atomic E-state index is -0.499. The summed E-state index contributed by atoms with van der Waals surface area (Å²) in [6.07, 6.45) is 5.97. The fourth-order valence-electron chi connectivity index (χ4n) is 3.69. The number of hydrogen-bond donors (Lipinski definition) is 1. The van der Waals surface area contributed by atoms with E-state index >= 15 is 0 Å². The van der Waals surface area contributed by atoms with Crippen LogP contribution in [0.2, 0.25) is 0 Å². The van der Waals surface area contributed by atoms with Crippen LogP contribution in [0.15, 0.2) is 35.7 Å². The van der Waals surface area contributed by atoms with Crippen LogP contribution in [0.5, 0.6) is 0 Å². The number of amides is 1. The molecule has 1 aliphatic rings. The minimum absolute atomic E-state index is 0.231. The Balaban J connectivity index is 1.60. The van der Waals surface area contributed by atoms with Crippen molar-refractivity contribution >= 4 is 34.2 Å². The molecule has 1 fully saturated rings. The average Bonchev–Trinajstić information content (AvgIpc) is 3.41. The van der Waals surface area contributed by atoms with Crippen molar-refractivity contribution in [1.29, 1.82) is 0 Å². The van der Waals surface area contributed by atoms with Gasteiger partial charge in [-0.05, 0) is 24.8 Å². The van der Waals surface area contributed by atoms with Gasteiger partial charge in [-0.2, -0.15) is 0 Å². The molecular weight excluding hydrogens is 402 g/mol. The highest BCUT2D eigenvalue weighted by Crippen LogP contribution is 2.36. The predicted octanol–water partition coefficient (Wildman–Crippen LogP) is 5.04. The van der Waals surface area contributed by atoms with E-state index in [0.29, 0.717) is 28.5 Å². The minimum Gasteiger partial charge on any atom is -0.462 e. The number of carbonyl (C=O) groups is 3. The largest absolute Gasteiger partial charge is 0.462 e. The molecule has 1 heterocycles. The van der Waals surface area contributed by atoms with E-state index in [1.165, 1.54) is 37.0 Å².